The fourth-order valence-electron chi connectivity index (χ4n) is 2.01. The van der Waals surface area contributed by atoms with Crippen LogP contribution in [0.2, 0.25) is 0 Å². The van der Waals surface area contributed by atoms with E-state index in [4.69, 9.17) is 4.74 Å². The highest BCUT2D eigenvalue weighted by molar-refractivity contribution is 7.89. The van der Waals surface area contributed by atoms with Crippen LogP contribution in [-0.2, 0) is 23.1 Å². The molecule has 0 saturated heterocycles. The van der Waals surface area contributed by atoms with Crippen LogP contribution in [0, 0.1) is 6.92 Å². The molecule has 7 heteroatoms. The second kappa shape index (κ2) is 6.28. The number of aromatic nitrogens is 2. The molecule has 1 aromatic heterocycles. The number of hydrogen-bond donors (Lipinski definition) is 1. The average Bonchev–Trinajstić information content (AvgIpc) is 2.87. The molecule has 1 N–H and O–H groups in total. The van der Waals surface area contributed by atoms with Gasteiger partial charge in [-0.25, -0.2) is 13.1 Å². The number of methoxy groups -OCH3 is 1. The first kappa shape index (κ1) is 15.5. The van der Waals surface area contributed by atoms with E-state index in [2.05, 4.69) is 9.82 Å². The molecule has 0 fully saturated rings. The van der Waals surface area contributed by atoms with E-state index in [0.717, 1.165) is 11.3 Å². The number of nitrogens with zero attached hydrogens (tertiary/aromatic N) is 2. The first-order chi connectivity index (χ1) is 9.97. The van der Waals surface area contributed by atoms with E-state index in [1.165, 1.54) is 6.20 Å². The van der Waals surface area contributed by atoms with Gasteiger partial charge in [-0.2, -0.15) is 5.10 Å². The van der Waals surface area contributed by atoms with E-state index in [1.54, 1.807) is 30.8 Å². The van der Waals surface area contributed by atoms with Crippen molar-refractivity contribution in [3.8, 4) is 5.75 Å². The SMILES string of the molecule is CCn1ncc(S(=O)(=O)NCc2ccc(OC)cc2)c1C. The number of sulfonamides is 1. The molecule has 114 valence electrons. The topological polar surface area (TPSA) is 73.2 Å². The van der Waals surface area contributed by atoms with Gasteiger partial charge in [0.1, 0.15) is 10.6 Å². The Bertz CT molecular complexity index is 706. The van der Waals surface area contributed by atoms with E-state index < -0.39 is 10.0 Å². The highest BCUT2D eigenvalue weighted by atomic mass is 32.2. The van der Waals surface area contributed by atoms with Crippen LogP contribution in [0.15, 0.2) is 35.4 Å². The van der Waals surface area contributed by atoms with Crippen LogP contribution < -0.4 is 9.46 Å². The first-order valence-electron chi connectivity index (χ1n) is 6.63. The molecule has 0 aliphatic carbocycles. The van der Waals surface area contributed by atoms with Gasteiger partial charge in [-0.1, -0.05) is 12.1 Å². The molecule has 1 heterocycles. The van der Waals surface area contributed by atoms with Gasteiger partial charge in [-0.05, 0) is 31.5 Å². The van der Waals surface area contributed by atoms with E-state index in [9.17, 15) is 8.42 Å². The zero-order valence-electron chi connectivity index (χ0n) is 12.3. The summed E-state index contributed by atoms with van der Waals surface area (Å²) in [4.78, 5) is 0.220. The molecule has 0 aliphatic rings. The van der Waals surface area contributed by atoms with Crippen LogP contribution in [0.5, 0.6) is 5.75 Å². The molecule has 0 bridgehead atoms. The standard InChI is InChI=1S/C14H19N3O3S/c1-4-17-11(2)14(10-15-17)21(18,19)16-9-12-5-7-13(20-3)8-6-12/h5-8,10,16H,4,9H2,1-3H3. The highest BCUT2D eigenvalue weighted by Crippen LogP contribution is 2.15. The van der Waals surface area contributed by atoms with E-state index in [-0.39, 0.29) is 11.4 Å². The average molecular weight is 309 g/mol. The van der Waals surface area contributed by atoms with Crippen molar-refractivity contribution in [2.24, 2.45) is 0 Å². The molecule has 0 unspecified atom stereocenters. The van der Waals surface area contributed by atoms with Crippen molar-refractivity contribution in [1.82, 2.24) is 14.5 Å². The molecule has 6 nitrogen and oxygen atoms in total. The molecule has 0 saturated carbocycles. The minimum absolute atomic E-state index is 0.220. The summed E-state index contributed by atoms with van der Waals surface area (Å²) < 4.78 is 33.9. The molecule has 0 spiro atoms. The van der Waals surface area contributed by atoms with Gasteiger partial charge in [0.25, 0.3) is 0 Å². The number of benzene rings is 1. The summed E-state index contributed by atoms with van der Waals surface area (Å²) in [6.45, 7) is 4.53. The summed E-state index contributed by atoms with van der Waals surface area (Å²) in [7, 11) is -1.97. The zero-order chi connectivity index (χ0) is 15.5. The van der Waals surface area contributed by atoms with Gasteiger partial charge in [0.05, 0.1) is 19.0 Å². The molecular weight excluding hydrogens is 290 g/mol. The van der Waals surface area contributed by atoms with Crippen molar-refractivity contribution < 1.29 is 13.2 Å². The number of rotatable bonds is 6. The zero-order valence-corrected chi connectivity index (χ0v) is 13.1. The Morgan fingerprint density at radius 1 is 1.29 bits per heavy atom. The lowest BCUT2D eigenvalue weighted by molar-refractivity contribution is 0.414. The number of ether oxygens (including phenoxy) is 1. The van der Waals surface area contributed by atoms with Gasteiger partial charge < -0.3 is 4.74 Å². The second-order valence-corrected chi connectivity index (χ2v) is 6.32. The minimum atomic E-state index is -3.56. The van der Waals surface area contributed by atoms with Gasteiger partial charge >= 0.3 is 0 Å². The predicted molar refractivity (Wildman–Crippen MR) is 79.7 cm³/mol. The Labute approximate surface area is 124 Å². The molecule has 0 amide bonds. The molecule has 0 aliphatic heterocycles. The smallest absolute Gasteiger partial charge is 0.244 e. The molecule has 2 rings (SSSR count). The van der Waals surface area contributed by atoms with Crippen LogP contribution >= 0.6 is 0 Å². The number of hydrogen-bond acceptors (Lipinski definition) is 4. The Kier molecular flexibility index (Phi) is 4.64. The third-order valence-corrected chi connectivity index (χ3v) is 4.78. The molecule has 1 aromatic carbocycles. The third-order valence-electron chi connectivity index (χ3n) is 3.27. The van der Waals surface area contributed by atoms with Crippen molar-refractivity contribution >= 4 is 10.0 Å². The summed E-state index contributed by atoms with van der Waals surface area (Å²) in [5.41, 5.74) is 1.50. The maximum atomic E-state index is 12.3. The van der Waals surface area contributed by atoms with Crippen molar-refractivity contribution in [2.75, 3.05) is 7.11 Å². The van der Waals surface area contributed by atoms with E-state index >= 15 is 0 Å². The van der Waals surface area contributed by atoms with Crippen LogP contribution in [-0.4, -0.2) is 25.3 Å². The van der Waals surface area contributed by atoms with Gasteiger partial charge in [-0.3, -0.25) is 4.68 Å². The van der Waals surface area contributed by atoms with Gasteiger partial charge in [-0.15, -0.1) is 0 Å². The maximum absolute atomic E-state index is 12.3. The lowest BCUT2D eigenvalue weighted by atomic mass is 10.2. The largest absolute Gasteiger partial charge is 0.497 e. The lowest BCUT2D eigenvalue weighted by Crippen LogP contribution is -2.23. The van der Waals surface area contributed by atoms with E-state index in [0.29, 0.717) is 12.2 Å². The summed E-state index contributed by atoms with van der Waals surface area (Å²) in [6, 6.07) is 7.24. The minimum Gasteiger partial charge on any atom is -0.497 e. The van der Waals surface area contributed by atoms with Gasteiger partial charge in [0.15, 0.2) is 0 Å². The fourth-order valence-corrected chi connectivity index (χ4v) is 3.20. The normalized spacial score (nSPS) is 11.6. The van der Waals surface area contributed by atoms with Gasteiger partial charge in [0.2, 0.25) is 10.0 Å². The van der Waals surface area contributed by atoms with Crippen LogP contribution in [0.1, 0.15) is 18.2 Å². The first-order valence-corrected chi connectivity index (χ1v) is 8.11. The molecular formula is C14H19N3O3S. The van der Waals surface area contributed by atoms with Crippen LogP contribution in [0.25, 0.3) is 0 Å². The molecule has 2 aromatic rings. The van der Waals surface area contributed by atoms with Crippen molar-refractivity contribution in [3.05, 3.63) is 41.7 Å². The van der Waals surface area contributed by atoms with Crippen LogP contribution in [0.3, 0.4) is 0 Å². The monoisotopic (exact) mass is 309 g/mol. The molecule has 0 radical (unpaired) electrons. The highest BCUT2D eigenvalue weighted by Gasteiger charge is 2.20. The van der Waals surface area contributed by atoms with E-state index in [1.807, 2.05) is 19.1 Å². The number of nitrogens with one attached hydrogen (secondary N) is 1. The van der Waals surface area contributed by atoms with Crippen molar-refractivity contribution in [1.29, 1.82) is 0 Å². The Morgan fingerprint density at radius 3 is 2.48 bits per heavy atom. The Morgan fingerprint density at radius 2 is 1.95 bits per heavy atom. The quantitative estimate of drug-likeness (QED) is 0.881. The predicted octanol–water partition coefficient (Wildman–Crippen LogP) is 1.70. The van der Waals surface area contributed by atoms with Crippen molar-refractivity contribution in [2.45, 2.75) is 31.8 Å². The Balaban J connectivity index is 2.11. The lowest BCUT2D eigenvalue weighted by Gasteiger charge is -2.07. The van der Waals surface area contributed by atoms with Crippen LogP contribution in [0.4, 0.5) is 0 Å². The summed E-state index contributed by atoms with van der Waals surface area (Å²) >= 11 is 0. The second-order valence-electron chi connectivity index (χ2n) is 4.58. The number of aryl methyl sites for hydroxylation is 1. The maximum Gasteiger partial charge on any atom is 0.244 e. The Hall–Kier alpha value is -1.86. The van der Waals surface area contributed by atoms with Gasteiger partial charge in [0, 0.05) is 13.1 Å². The molecule has 0 atom stereocenters. The summed E-state index contributed by atoms with van der Waals surface area (Å²) in [6.07, 6.45) is 1.38. The summed E-state index contributed by atoms with van der Waals surface area (Å²) in [5, 5.41) is 4.06. The third kappa shape index (κ3) is 3.43. The fraction of sp³-hybridized carbons (Fsp3) is 0.357. The summed E-state index contributed by atoms with van der Waals surface area (Å²) in [5.74, 6) is 0.738. The molecule has 21 heavy (non-hydrogen) atoms. The van der Waals surface area contributed by atoms with Crippen molar-refractivity contribution in [3.63, 3.8) is 0 Å².